The number of carbonyl (C=O) groups excluding carboxylic acids is 2. The van der Waals surface area contributed by atoms with Gasteiger partial charge in [-0.3, -0.25) is 9.59 Å². The summed E-state index contributed by atoms with van der Waals surface area (Å²) < 4.78 is 0. The van der Waals surface area contributed by atoms with Gasteiger partial charge in [0.2, 0.25) is 11.8 Å². The molecule has 2 amide bonds. The maximum Gasteiger partial charge on any atom is 0.249 e. The van der Waals surface area contributed by atoms with Crippen molar-refractivity contribution < 1.29 is 9.59 Å². The van der Waals surface area contributed by atoms with Crippen molar-refractivity contribution in [3.05, 3.63) is 0 Å². The van der Waals surface area contributed by atoms with Gasteiger partial charge < -0.3 is 10.2 Å². The fourth-order valence-corrected chi connectivity index (χ4v) is 4.03. The van der Waals surface area contributed by atoms with Crippen molar-refractivity contribution in [2.24, 2.45) is 0 Å². The van der Waals surface area contributed by atoms with Gasteiger partial charge in [-0.2, -0.15) is 0 Å². The van der Waals surface area contributed by atoms with Crippen LogP contribution >= 0.6 is 0 Å². The molecule has 4 heteroatoms. The quantitative estimate of drug-likeness (QED) is 0.866. The number of piperazine rings is 1. The normalized spacial score (nSPS) is 30.4. The highest BCUT2D eigenvalue weighted by atomic mass is 16.2. The summed E-state index contributed by atoms with van der Waals surface area (Å²) in [5, 5.41) is 3.12. The number of hydrogen-bond acceptors (Lipinski definition) is 2. The molecule has 2 aliphatic rings. The average Bonchev–Trinajstić information content (AvgIpc) is 2.47. The van der Waals surface area contributed by atoms with E-state index in [0.29, 0.717) is 6.42 Å². The minimum atomic E-state index is -0.700. The predicted octanol–water partition coefficient (Wildman–Crippen LogP) is 3.01. The van der Waals surface area contributed by atoms with Crippen LogP contribution in [0, 0.1) is 0 Å². The lowest BCUT2D eigenvalue weighted by Gasteiger charge is -2.54. The molecule has 0 aromatic heterocycles. The van der Waals surface area contributed by atoms with Gasteiger partial charge in [0.15, 0.2) is 0 Å². The van der Waals surface area contributed by atoms with Crippen molar-refractivity contribution >= 4 is 11.8 Å². The number of nitrogens with one attached hydrogen (secondary N) is 1. The molecule has 1 N–H and O–H groups in total. The van der Waals surface area contributed by atoms with Gasteiger partial charge in [0.25, 0.3) is 0 Å². The average molecular weight is 294 g/mol. The molecule has 1 spiro atoms. The summed E-state index contributed by atoms with van der Waals surface area (Å²) in [5.74, 6) is 0.196. The van der Waals surface area contributed by atoms with E-state index in [1.807, 2.05) is 18.7 Å². The van der Waals surface area contributed by atoms with Crippen LogP contribution < -0.4 is 5.32 Å². The van der Waals surface area contributed by atoms with Crippen molar-refractivity contribution in [1.29, 1.82) is 0 Å². The van der Waals surface area contributed by atoms with E-state index < -0.39 is 11.1 Å². The first-order valence-electron chi connectivity index (χ1n) is 8.57. The second kappa shape index (κ2) is 5.98. The molecule has 0 aromatic rings. The highest BCUT2D eigenvalue weighted by Gasteiger charge is 2.56. The second-order valence-corrected chi connectivity index (χ2v) is 7.04. The molecule has 0 aromatic carbocycles. The minimum absolute atomic E-state index is 0.0365. The van der Waals surface area contributed by atoms with Crippen LogP contribution in [0.15, 0.2) is 0 Å². The smallest absolute Gasteiger partial charge is 0.249 e. The first-order chi connectivity index (χ1) is 9.91. The van der Waals surface area contributed by atoms with Crippen molar-refractivity contribution in [2.45, 2.75) is 96.2 Å². The van der Waals surface area contributed by atoms with Gasteiger partial charge in [-0.25, -0.2) is 0 Å². The lowest BCUT2D eigenvalue weighted by atomic mass is 9.75. The largest absolute Gasteiger partial charge is 0.340 e. The van der Waals surface area contributed by atoms with E-state index in [-0.39, 0.29) is 17.9 Å². The Morgan fingerprint density at radius 3 is 2.33 bits per heavy atom. The minimum Gasteiger partial charge on any atom is -0.340 e. The van der Waals surface area contributed by atoms with Crippen molar-refractivity contribution in [2.75, 3.05) is 0 Å². The molecule has 0 radical (unpaired) electrons. The number of nitrogens with zero attached hydrogens (tertiary/aromatic N) is 1. The van der Waals surface area contributed by atoms with E-state index in [4.69, 9.17) is 0 Å². The first kappa shape index (κ1) is 16.3. The Morgan fingerprint density at radius 2 is 1.81 bits per heavy atom. The summed E-state index contributed by atoms with van der Waals surface area (Å²) in [4.78, 5) is 27.9. The van der Waals surface area contributed by atoms with Crippen LogP contribution in [0.1, 0.15) is 79.1 Å². The molecule has 21 heavy (non-hydrogen) atoms. The third-order valence-electron chi connectivity index (χ3n) is 5.54. The second-order valence-electron chi connectivity index (χ2n) is 7.04. The topological polar surface area (TPSA) is 49.4 Å². The molecule has 120 valence electrons. The Balaban J connectivity index is 2.38. The fourth-order valence-electron chi connectivity index (χ4n) is 4.03. The molecule has 2 atom stereocenters. The third-order valence-corrected chi connectivity index (χ3v) is 5.54. The number of amides is 2. The molecule has 1 heterocycles. The first-order valence-corrected chi connectivity index (χ1v) is 8.57. The molecule has 2 unspecified atom stereocenters. The summed E-state index contributed by atoms with van der Waals surface area (Å²) >= 11 is 0. The maximum absolute atomic E-state index is 13.2. The van der Waals surface area contributed by atoms with Crippen molar-refractivity contribution in [1.82, 2.24) is 10.2 Å². The Bertz CT molecular complexity index is 415. The molecule has 2 rings (SSSR count). The molecule has 1 saturated heterocycles. The highest BCUT2D eigenvalue weighted by Crippen LogP contribution is 2.38. The molecule has 1 saturated carbocycles. The molecular formula is C17H30N2O2. The van der Waals surface area contributed by atoms with Gasteiger partial charge in [-0.1, -0.05) is 39.5 Å². The van der Waals surface area contributed by atoms with Crippen molar-refractivity contribution in [3.8, 4) is 0 Å². The zero-order valence-corrected chi connectivity index (χ0v) is 14.0. The zero-order valence-electron chi connectivity index (χ0n) is 14.0. The molecule has 0 bridgehead atoms. The van der Waals surface area contributed by atoms with Crippen LogP contribution in [0.3, 0.4) is 0 Å². The zero-order chi connectivity index (χ0) is 15.7. The van der Waals surface area contributed by atoms with Gasteiger partial charge in [0.1, 0.15) is 11.1 Å². The van der Waals surface area contributed by atoms with Gasteiger partial charge in [0.05, 0.1) is 0 Å². The van der Waals surface area contributed by atoms with E-state index in [1.165, 1.54) is 6.42 Å². The van der Waals surface area contributed by atoms with E-state index in [9.17, 15) is 9.59 Å². The van der Waals surface area contributed by atoms with Gasteiger partial charge in [-0.05, 0) is 39.5 Å². The van der Waals surface area contributed by atoms with Gasteiger partial charge in [0, 0.05) is 6.04 Å². The summed E-state index contributed by atoms with van der Waals surface area (Å²) in [5.41, 5.74) is -1.32. The lowest BCUT2D eigenvalue weighted by Crippen LogP contribution is -2.76. The van der Waals surface area contributed by atoms with Crippen LogP contribution in [0.4, 0.5) is 0 Å². The Kier molecular flexibility index (Phi) is 4.64. The van der Waals surface area contributed by atoms with Gasteiger partial charge in [-0.15, -0.1) is 0 Å². The Labute approximate surface area is 128 Å². The maximum atomic E-state index is 13.2. The number of hydrogen-bond donors (Lipinski definition) is 1. The molecule has 1 aliphatic heterocycles. The molecular weight excluding hydrogens is 264 g/mol. The predicted molar refractivity (Wildman–Crippen MR) is 83.9 cm³/mol. The fraction of sp³-hybridized carbons (Fsp3) is 0.882. The van der Waals surface area contributed by atoms with E-state index in [2.05, 4.69) is 19.2 Å². The Morgan fingerprint density at radius 1 is 1.19 bits per heavy atom. The summed E-state index contributed by atoms with van der Waals surface area (Å²) in [7, 11) is 0. The van der Waals surface area contributed by atoms with E-state index in [1.54, 1.807) is 0 Å². The lowest BCUT2D eigenvalue weighted by molar-refractivity contribution is -0.167. The van der Waals surface area contributed by atoms with Crippen LogP contribution in [0.5, 0.6) is 0 Å². The molecule has 2 fully saturated rings. The third kappa shape index (κ3) is 2.58. The van der Waals surface area contributed by atoms with Crippen molar-refractivity contribution in [3.63, 3.8) is 0 Å². The van der Waals surface area contributed by atoms with Crippen LogP contribution in [-0.4, -0.2) is 33.8 Å². The summed E-state index contributed by atoms with van der Waals surface area (Å²) in [6.07, 6.45) is 7.47. The summed E-state index contributed by atoms with van der Waals surface area (Å²) in [6.45, 7) is 8.13. The summed E-state index contributed by atoms with van der Waals surface area (Å²) in [6, 6.07) is 0.123. The van der Waals surface area contributed by atoms with Gasteiger partial charge >= 0.3 is 0 Å². The van der Waals surface area contributed by atoms with E-state index >= 15 is 0 Å². The molecule has 4 nitrogen and oxygen atoms in total. The van der Waals surface area contributed by atoms with E-state index in [0.717, 1.165) is 38.5 Å². The number of carbonyl (C=O) groups is 2. The molecule has 1 aliphatic carbocycles. The highest BCUT2D eigenvalue weighted by molar-refractivity contribution is 6.02. The Hall–Kier alpha value is -1.06. The SMILES string of the molecule is CCCC(C)N1C(=O)C2(CCCCC2)NC(=O)C1(C)CC. The standard InChI is InChI=1S/C17H30N2O2/c1-5-10-13(3)19-15(21)17(11-8-7-9-12-17)18-14(20)16(19,4)6-2/h13H,5-12H2,1-4H3,(H,18,20). The van der Waals surface area contributed by atoms with Crippen LogP contribution in [-0.2, 0) is 9.59 Å². The number of rotatable bonds is 4. The van der Waals surface area contributed by atoms with Crippen LogP contribution in [0.2, 0.25) is 0 Å². The van der Waals surface area contributed by atoms with Crippen LogP contribution in [0.25, 0.3) is 0 Å². The monoisotopic (exact) mass is 294 g/mol.